The summed E-state index contributed by atoms with van der Waals surface area (Å²) in [5.74, 6) is 1.92. The molecule has 0 saturated carbocycles. The van der Waals surface area contributed by atoms with E-state index in [0.717, 1.165) is 36.4 Å². The van der Waals surface area contributed by atoms with Gasteiger partial charge in [-0.3, -0.25) is 0 Å². The third-order valence-corrected chi connectivity index (χ3v) is 7.16. The highest BCUT2D eigenvalue weighted by molar-refractivity contribution is 5.93. The highest BCUT2D eigenvalue weighted by Crippen LogP contribution is 2.37. The van der Waals surface area contributed by atoms with Gasteiger partial charge < -0.3 is 9.88 Å². The number of aryl methyl sites for hydroxylation is 1. The number of fused-ring (bicyclic) bond motifs is 1. The molecule has 0 amide bonds. The van der Waals surface area contributed by atoms with E-state index in [9.17, 15) is 0 Å². The topological polar surface area (TPSA) is 29.9 Å². The molecule has 0 spiro atoms. The van der Waals surface area contributed by atoms with Gasteiger partial charge in [-0.1, -0.05) is 110 Å². The van der Waals surface area contributed by atoms with Crippen LogP contribution in [-0.2, 0) is 12.0 Å². The number of para-hydroxylation sites is 2. The van der Waals surface area contributed by atoms with Gasteiger partial charge in [0.05, 0.1) is 11.2 Å². The smallest absolute Gasteiger partial charge is 0.141 e. The van der Waals surface area contributed by atoms with Gasteiger partial charge >= 0.3 is 0 Å². The maximum atomic E-state index is 5.27. The van der Waals surface area contributed by atoms with Crippen LogP contribution in [0.1, 0.15) is 96.8 Å². The van der Waals surface area contributed by atoms with Gasteiger partial charge in [0, 0.05) is 17.8 Å². The standard InChI is InChI=1S/C33H43N3/c1-9-10-21-36-29-16-12-15-28(34-30-26(22(2)3)13-11-14-27(30)23(4)5)31(29)35-32(36)24-17-19-25(20-18-24)33(6,7)8/h11-20,22-23,34H,9-10,21H2,1-8H3. The number of hydrogen-bond donors (Lipinski definition) is 1. The predicted octanol–water partition coefficient (Wildman–Crippen LogP) is 9.79. The van der Waals surface area contributed by atoms with E-state index in [2.05, 4.69) is 126 Å². The zero-order chi connectivity index (χ0) is 26.0. The fourth-order valence-corrected chi connectivity index (χ4v) is 4.96. The summed E-state index contributed by atoms with van der Waals surface area (Å²) in [5, 5.41) is 3.85. The number of unbranched alkanes of at least 4 members (excludes halogenated alkanes) is 1. The summed E-state index contributed by atoms with van der Waals surface area (Å²) in [4.78, 5) is 5.27. The summed E-state index contributed by atoms with van der Waals surface area (Å²) < 4.78 is 2.41. The summed E-state index contributed by atoms with van der Waals surface area (Å²) >= 11 is 0. The van der Waals surface area contributed by atoms with Crippen molar-refractivity contribution < 1.29 is 0 Å². The average molecular weight is 482 g/mol. The second kappa shape index (κ2) is 10.5. The molecule has 190 valence electrons. The number of anilines is 2. The lowest BCUT2D eigenvalue weighted by Crippen LogP contribution is -2.10. The van der Waals surface area contributed by atoms with Crippen LogP contribution in [0, 0.1) is 0 Å². The molecule has 0 fully saturated rings. The van der Waals surface area contributed by atoms with Crippen LogP contribution in [0.25, 0.3) is 22.4 Å². The molecule has 36 heavy (non-hydrogen) atoms. The Bertz CT molecular complexity index is 1290. The van der Waals surface area contributed by atoms with Crippen LogP contribution in [0.4, 0.5) is 11.4 Å². The number of nitrogens with zero attached hydrogens (tertiary/aromatic N) is 2. The van der Waals surface area contributed by atoms with Crippen LogP contribution < -0.4 is 5.32 Å². The first-order valence-corrected chi connectivity index (χ1v) is 13.6. The van der Waals surface area contributed by atoms with E-state index in [4.69, 9.17) is 4.98 Å². The van der Waals surface area contributed by atoms with Crippen molar-refractivity contribution >= 4 is 22.4 Å². The Hall–Kier alpha value is -3.07. The minimum Gasteiger partial charge on any atom is -0.353 e. The minimum atomic E-state index is 0.135. The van der Waals surface area contributed by atoms with Crippen molar-refractivity contribution in [1.29, 1.82) is 0 Å². The Morgan fingerprint density at radius 3 is 2.00 bits per heavy atom. The highest BCUT2D eigenvalue weighted by Gasteiger charge is 2.19. The first-order valence-electron chi connectivity index (χ1n) is 13.6. The predicted molar refractivity (Wildman–Crippen MR) is 157 cm³/mol. The normalized spacial score (nSPS) is 12.2. The number of nitrogens with one attached hydrogen (secondary N) is 1. The van der Waals surface area contributed by atoms with Crippen molar-refractivity contribution in [1.82, 2.24) is 9.55 Å². The lowest BCUT2D eigenvalue weighted by Gasteiger charge is -2.21. The van der Waals surface area contributed by atoms with Gasteiger partial charge in [-0.25, -0.2) is 4.98 Å². The second-order valence-electron chi connectivity index (χ2n) is 11.7. The Morgan fingerprint density at radius 2 is 1.44 bits per heavy atom. The van der Waals surface area contributed by atoms with Gasteiger partial charge in [-0.2, -0.15) is 0 Å². The van der Waals surface area contributed by atoms with Crippen molar-refractivity contribution in [2.75, 3.05) is 5.32 Å². The summed E-state index contributed by atoms with van der Waals surface area (Å²) in [5.41, 5.74) is 9.88. The Kier molecular flexibility index (Phi) is 7.59. The molecule has 3 heteroatoms. The van der Waals surface area contributed by atoms with E-state index >= 15 is 0 Å². The maximum absolute atomic E-state index is 5.27. The van der Waals surface area contributed by atoms with Crippen molar-refractivity contribution in [3.05, 3.63) is 77.4 Å². The summed E-state index contributed by atoms with van der Waals surface area (Å²) in [6.07, 6.45) is 2.28. The third kappa shape index (κ3) is 5.21. The largest absolute Gasteiger partial charge is 0.353 e. The van der Waals surface area contributed by atoms with E-state index < -0.39 is 0 Å². The van der Waals surface area contributed by atoms with Gasteiger partial charge in [0.1, 0.15) is 11.3 Å². The lowest BCUT2D eigenvalue weighted by atomic mass is 9.87. The third-order valence-electron chi connectivity index (χ3n) is 7.16. The van der Waals surface area contributed by atoms with Gasteiger partial charge in [0.15, 0.2) is 0 Å². The molecule has 0 aliphatic heterocycles. The molecule has 1 heterocycles. The minimum absolute atomic E-state index is 0.135. The Balaban J connectivity index is 1.86. The molecule has 1 N–H and O–H groups in total. The lowest BCUT2D eigenvalue weighted by molar-refractivity contribution is 0.590. The fourth-order valence-electron chi connectivity index (χ4n) is 4.96. The van der Waals surface area contributed by atoms with E-state index in [1.807, 2.05) is 0 Å². The average Bonchev–Trinajstić information content (AvgIpc) is 3.21. The van der Waals surface area contributed by atoms with Crippen LogP contribution in [0.3, 0.4) is 0 Å². The quantitative estimate of drug-likeness (QED) is 0.271. The van der Waals surface area contributed by atoms with Crippen LogP contribution in [-0.4, -0.2) is 9.55 Å². The number of benzene rings is 3. The zero-order valence-corrected chi connectivity index (χ0v) is 23.4. The molecule has 1 aromatic heterocycles. The molecule has 4 aromatic rings. The molecule has 0 atom stereocenters. The van der Waals surface area contributed by atoms with Crippen LogP contribution in [0.15, 0.2) is 60.7 Å². The first-order chi connectivity index (χ1) is 17.1. The van der Waals surface area contributed by atoms with Crippen molar-refractivity contribution in [2.45, 2.75) is 92.0 Å². The molecule has 3 nitrogen and oxygen atoms in total. The second-order valence-corrected chi connectivity index (χ2v) is 11.7. The monoisotopic (exact) mass is 481 g/mol. The molecule has 4 rings (SSSR count). The highest BCUT2D eigenvalue weighted by atomic mass is 15.1. The number of hydrogen-bond acceptors (Lipinski definition) is 2. The molecule has 3 aromatic carbocycles. The first kappa shape index (κ1) is 26.0. The summed E-state index contributed by atoms with van der Waals surface area (Å²) in [6, 6.07) is 22.2. The van der Waals surface area contributed by atoms with Gasteiger partial charge in [-0.15, -0.1) is 0 Å². The van der Waals surface area contributed by atoms with Crippen molar-refractivity contribution in [2.24, 2.45) is 0 Å². The molecule has 0 bridgehead atoms. The maximum Gasteiger partial charge on any atom is 0.141 e. The van der Waals surface area contributed by atoms with Gasteiger partial charge in [0.25, 0.3) is 0 Å². The Labute approximate surface area is 218 Å². The Morgan fingerprint density at radius 1 is 0.833 bits per heavy atom. The number of aromatic nitrogens is 2. The van der Waals surface area contributed by atoms with E-state index in [0.29, 0.717) is 11.8 Å². The molecule has 0 saturated heterocycles. The fraction of sp³-hybridized carbons (Fsp3) is 0.424. The van der Waals surface area contributed by atoms with Crippen molar-refractivity contribution in [3.8, 4) is 11.4 Å². The van der Waals surface area contributed by atoms with Crippen LogP contribution in [0.2, 0.25) is 0 Å². The number of imidazole rings is 1. The summed E-state index contributed by atoms with van der Waals surface area (Å²) in [6.45, 7) is 19.1. The molecular weight excluding hydrogens is 438 g/mol. The van der Waals surface area contributed by atoms with Crippen LogP contribution in [0.5, 0.6) is 0 Å². The van der Waals surface area contributed by atoms with Gasteiger partial charge in [-0.05, 0) is 52.5 Å². The molecule has 0 radical (unpaired) electrons. The summed E-state index contributed by atoms with van der Waals surface area (Å²) in [7, 11) is 0. The van der Waals surface area contributed by atoms with Gasteiger partial charge in [0.2, 0.25) is 0 Å². The molecular formula is C33H43N3. The zero-order valence-electron chi connectivity index (χ0n) is 23.4. The SMILES string of the molecule is CCCCn1c(-c2ccc(C(C)(C)C)cc2)nc2c(Nc3c(C(C)C)cccc3C(C)C)cccc21. The van der Waals surface area contributed by atoms with E-state index in [-0.39, 0.29) is 5.41 Å². The number of rotatable bonds is 8. The molecule has 0 unspecified atom stereocenters. The van der Waals surface area contributed by atoms with Crippen LogP contribution >= 0.6 is 0 Å². The van der Waals surface area contributed by atoms with E-state index in [1.165, 1.54) is 33.5 Å². The molecule has 0 aliphatic rings. The van der Waals surface area contributed by atoms with Crippen molar-refractivity contribution in [3.63, 3.8) is 0 Å². The van der Waals surface area contributed by atoms with E-state index in [1.54, 1.807) is 0 Å². The molecule has 0 aliphatic carbocycles.